The zero-order valence-corrected chi connectivity index (χ0v) is 16.5. The number of thiazole rings is 1. The Bertz CT molecular complexity index is 1170. The third kappa shape index (κ3) is 3.10. The van der Waals surface area contributed by atoms with Gasteiger partial charge in [0.15, 0.2) is 4.96 Å². The normalized spacial score (nSPS) is 10.8. The number of benzene rings is 2. The van der Waals surface area contributed by atoms with Crippen molar-refractivity contribution in [2.45, 2.75) is 13.3 Å². The lowest BCUT2D eigenvalue weighted by molar-refractivity contribution is 0.341. The van der Waals surface area contributed by atoms with E-state index in [0.717, 1.165) is 44.7 Å². The molecular formula is C22H19N3O2S. The summed E-state index contributed by atoms with van der Waals surface area (Å²) < 4.78 is 13.2. The highest BCUT2D eigenvalue weighted by Gasteiger charge is 2.20. The van der Waals surface area contributed by atoms with Crippen LogP contribution in [0.4, 0.5) is 0 Å². The lowest BCUT2D eigenvalue weighted by Crippen LogP contribution is -1.98. The lowest BCUT2D eigenvalue weighted by Gasteiger charge is -2.10. The minimum Gasteiger partial charge on any atom is -0.497 e. The highest BCUT2D eigenvalue weighted by atomic mass is 32.1. The van der Waals surface area contributed by atoms with E-state index in [1.807, 2.05) is 55.5 Å². The van der Waals surface area contributed by atoms with Crippen molar-refractivity contribution in [1.82, 2.24) is 9.38 Å². The van der Waals surface area contributed by atoms with E-state index < -0.39 is 0 Å². The van der Waals surface area contributed by atoms with Crippen LogP contribution in [0.2, 0.25) is 0 Å². The number of nitrogens with zero attached hydrogens (tertiary/aromatic N) is 3. The fourth-order valence-electron chi connectivity index (χ4n) is 3.30. The molecule has 6 heteroatoms. The predicted octanol–water partition coefficient (Wildman–Crippen LogP) is 5.20. The molecule has 0 unspecified atom stereocenters. The van der Waals surface area contributed by atoms with Crippen molar-refractivity contribution >= 4 is 16.3 Å². The molecule has 140 valence electrons. The van der Waals surface area contributed by atoms with Crippen LogP contribution in [0.1, 0.15) is 12.6 Å². The van der Waals surface area contributed by atoms with Gasteiger partial charge in [0.1, 0.15) is 11.5 Å². The molecule has 0 aliphatic heterocycles. The van der Waals surface area contributed by atoms with Crippen molar-refractivity contribution in [1.29, 1.82) is 5.26 Å². The number of imidazole rings is 1. The summed E-state index contributed by atoms with van der Waals surface area (Å²) in [6.07, 6.45) is 0.258. The maximum atomic E-state index is 9.47. The van der Waals surface area contributed by atoms with E-state index in [4.69, 9.17) is 14.5 Å². The van der Waals surface area contributed by atoms with Crippen molar-refractivity contribution in [3.05, 3.63) is 59.6 Å². The van der Waals surface area contributed by atoms with Crippen LogP contribution in [-0.2, 0) is 6.42 Å². The number of hydrogen-bond donors (Lipinski definition) is 0. The Kier molecular flexibility index (Phi) is 5.00. The molecule has 0 aliphatic carbocycles. The van der Waals surface area contributed by atoms with E-state index in [9.17, 15) is 5.26 Å². The number of hydrogen-bond acceptors (Lipinski definition) is 5. The van der Waals surface area contributed by atoms with Crippen LogP contribution in [0.5, 0.6) is 11.5 Å². The molecule has 0 amide bonds. The molecule has 0 bridgehead atoms. The first kappa shape index (κ1) is 18.1. The fraction of sp³-hybridized carbons (Fsp3) is 0.182. The van der Waals surface area contributed by atoms with Crippen molar-refractivity contribution in [3.8, 4) is 40.1 Å². The summed E-state index contributed by atoms with van der Waals surface area (Å²) in [7, 11) is 1.64. The first-order chi connectivity index (χ1) is 13.8. The van der Waals surface area contributed by atoms with Crippen LogP contribution in [0.3, 0.4) is 0 Å². The van der Waals surface area contributed by atoms with Gasteiger partial charge >= 0.3 is 0 Å². The van der Waals surface area contributed by atoms with Crippen LogP contribution >= 0.6 is 11.3 Å². The molecule has 0 N–H and O–H groups in total. The van der Waals surface area contributed by atoms with E-state index >= 15 is 0 Å². The Morgan fingerprint density at radius 3 is 2.82 bits per heavy atom. The van der Waals surface area contributed by atoms with Crippen molar-refractivity contribution in [2.24, 2.45) is 0 Å². The van der Waals surface area contributed by atoms with Gasteiger partial charge in [-0.15, -0.1) is 11.3 Å². The van der Waals surface area contributed by atoms with Gasteiger partial charge in [0.2, 0.25) is 0 Å². The second kappa shape index (κ2) is 7.75. The first-order valence-corrected chi connectivity index (χ1v) is 9.87. The highest BCUT2D eigenvalue weighted by molar-refractivity contribution is 7.15. The molecule has 0 radical (unpaired) electrons. The van der Waals surface area contributed by atoms with Crippen molar-refractivity contribution < 1.29 is 9.47 Å². The van der Waals surface area contributed by atoms with E-state index in [-0.39, 0.29) is 6.42 Å². The number of rotatable bonds is 6. The second-order valence-electron chi connectivity index (χ2n) is 6.14. The van der Waals surface area contributed by atoms with Gasteiger partial charge in [-0.2, -0.15) is 5.26 Å². The summed E-state index contributed by atoms with van der Waals surface area (Å²) in [5.41, 5.74) is 4.58. The summed E-state index contributed by atoms with van der Waals surface area (Å²) >= 11 is 1.56. The van der Waals surface area contributed by atoms with Gasteiger partial charge in [-0.05, 0) is 31.2 Å². The summed E-state index contributed by atoms with van der Waals surface area (Å²) in [4.78, 5) is 5.68. The molecule has 0 spiro atoms. The van der Waals surface area contributed by atoms with Gasteiger partial charge in [-0.1, -0.05) is 24.3 Å². The molecule has 4 aromatic rings. The Labute approximate surface area is 167 Å². The van der Waals surface area contributed by atoms with E-state index in [1.54, 1.807) is 18.4 Å². The van der Waals surface area contributed by atoms with Gasteiger partial charge in [0.25, 0.3) is 0 Å². The van der Waals surface area contributed by atoms with Crippen LogP contribution < -0.4 is 9.47 Å². The molecule has 0 saturated heterocycles. The van der Waals surface area contributed by atoms with Crippen LogP contribution in [0.25, 0.3) is 27.5 Å². The van der Waals surface area contributed by atoms with E-state index in [0.29, 0.717) is 6.61 Å². The van der Waals surface area contributed by atoms with Crippen molar-refractivity contribution in [2.75, 3.05) is 13.7 Å². The van der Waals surface area contributed by atoms with Crippen LogP contribution in [-0.4, -0.2) is 23.1 Å². The van der Waals surface area contributed by atoms with Gasteiger partial charge < -0.3 is 9.47 Å². The molecule has 28 heavy (non-hydrogen) atoms. The summed E-state index contributed by atoms with van der Waals surface area (Å²) in [6.45, 7) is 2.56. The standard InChI is InChI=1S/C22H19N3O2S/c1-3-27-20-10-5-4-9-17(20)19-14-28-22-24-21(18(11-12-23)25(19)22)15-7-6-8-16(13-15)26-2/h4-10,13-14H,3,11H2,1-2H3. The Hall–Kier alpha value is -3.30. The Balaban J connectivity index is 1.95. The molecule has 2 aromatic carbocycles. The number of methoxy groups -OCH3 is 1. The number of ether oxygens (including phenoxy) is 2. The molecular weight excluding hydrogens is 370 g/mol. The largest absolute Gasteiger partial charge is 0.497 e. The summed E-state index contributed by atoms with van der Waals surface area (Å²) in [5, 5.41) is 11.5. The van der Waals surface area contributed by atoms with Crippen LogP contribution in [0, 0.1) is 11.3 Å². The van der Waals surface area contributed by atoms with Gasteiger partial charge in [0.05, 0.1) is 43.3 Å². The summed E-state index contributed by atoms with van der Waals surface area (Å²) in [5.74, 6) is 1.59. The minimum absolute atomic E-state index is 0.258. The molecule has 5 nitrogen and oxygen atoms in total. The molecule has 0 aliphatic rings. The van der Waals surface area contributed by atoms with E-state index in [2.05, 4.69) is 15.8 Å². The quantitative estimate of drug-likeness (QED) is 0.455. The highest BCUT2D eigenvalue weighted by Crippen LogP contribution is 2.37. The van der Waals surface area contributed by atoms with Gasteiger partial charge in [-0.3, -0.25) is 4.40 Å². The Morgan fingerprint density at radius 1 is 1.18 bits per heavy atom. The molecule has 2 aromatic heterocycles. The van der Waals surface area contributed by atoms with Crippen LogP contribution in [0.15, 0.2) is 53.9 Å². The van der Waals surface area contributed by atoms with Gasteiger partial charge in [0, 0.05) is 16.5 Å². The summed E-state index contributed by atoms with van der Waals surface area (Å²) in [6, 6.07) is 18.0. The second-order valence-corrected chi connectivity index (χ2v) is 6.98. The predicted molar refractivity (Wildman–Crippen MR) is 111 cm³/mol. The molecule has 2 heterocycles. The maximum absolute atomic E-state index is 9.47. The molecule has 0 saturated carbocycles. The average molecular weight is 389 g/mol. The average Bonchev–Trinajstić information content (AvgIpc) is 3.29. The van der Waals surface area contributed by atoms with Gasteiger partial charge in [-0.25, -0.2) is 4.98 Å². The maximum Gasteiger partial charge on any atom is 0.195 e. The smallest absolute Gasteiger partial charge is 0.195 e. The number of fused-ring (bicyclic) bond motifs is 1. The first-order valence-electron chi connectivity index (χ1n) is 8.99. The molecule has 0 fully saturated rings. The number of nitriles is 1. The third-order valence-corrected chi connectivity index (χ3v) is 5.34. The minimum atomic E-state index is 0.258. The molecule has 0 atom stereocenters. The topological polar surface area (TPSA) is 59.5 Å². The fourth-order valence-corrected chi connectivity index (χ4v) is 4.21. The number of para-hydroxylation sites is 1. The Morgan fingerprint density at radius 2 is 2.04 bits per heavy atom. The zero-order valence-electron chi connectivity index (χ0n) is 15.7. The monoisotopic (exact) mass is 389 g/mol. The number of aromatic nitrogens is 2. The third-order valence-electron chi connectivity index (χ3n) is 4.51. The van der Waals surface area contributed by atoms with E-state index in [1.165, 1.54) is 0 Å². The molecule has 4 rings (SSSR count). The zero-order chi connectivity index (χ0) is 19.5. The van der Waals surface area contributed by atoms with Crippen molar-refractivity contribution in [3.63, 3.8) is 0 Å². The SMILES string of the molecule is CCOc1ccccc1-c1csc2nc(-c3cccc(OC)c3)c(CC#N)n12. The lowest BCUT2D eigenvalue weighted by atomic mass is 10.1.